The largest absolute Gasteiger partial charge is 0.433 e. The average Bonchev–Trinajstić information content (AvgIpc) is 2.57. The number of rotatable bonds is 2. The summed E-state index contributed by atoms with van der Waals surface area (Å²) in [7, 11) is 0. The van der Waals surface area contributed by atoms with E-state index in [1.54, 1.807) is 11.0 Å². The highest BCUT2D eigenvalue weighted by Crippen LogP contribution is 2.33. The zero-order chi connectivity index (χ0) is 17.3. The van der Waals surface area contributed by atoms with Gasteiger partial charge in [-0.2, -0.15) is 13.2 Å². The minimum Gasteiger partial charge on any atom is -0.338 e. The lowest BCUT2D eigenvalue weighted by Crippen LogP contribution is -2.44. The van der Waals surface area contributed by atoms with Crippen LogP contribution in [0, 0.1) is 0 Å². The summed E-state index contributed by atoms with van der Waals surface area (Å²) >= 11 is 11.8. The van der Waals surface area contributed by atoms with Gasteiger partial charge < -0.3 is 10.2 Å². The molecule has 3 rings (SSSR count). The number of hydrogen-bond donors (Lipinski definition) is 1. The number of nitrogens with one attached hydrogen (secondary N) is 1. The van der Waals surface area contributed by atoms with Crippen LogP contribution < -0.4 is 10.2 Å². The van der Waals surface area contributed by atoms with Crippen molar-refractivity contribution in [2.75, 3.05) is 31.1 Å². The van der Waals surface area contributed by atoms with E-state index >= 15 is 0 Å². The lowest BCUT2D eigenvalue weighted by atomic mass is 10.1. The monoisotopic (exact) mass is 376 g/mol. The minimum absolute atomic E-state index is 0.0624. The van der Waals surface area contributed by atoms with Crippen LogP contribution in [0.15, 0.2) is 24.3 Å². The van der Waals surface area contributed by atoms with E-state index in [2.05, 4.69) is 15.3 Å². The molecule has 1 aliphatic heterocycles. The number of benzene rings is 1. The van der Waals surface area contributed by atoms with Crippen LogP contribution in [0.4, 0.5) is 19.1 Å². The summed E-state index contributed by atoms with van der Waals surface area (Å²) in [6, 6.07) is 5.52. The molecule has 0 spiro atoms. The topological polar surface area (TPSA) is 41.1 Å². The molecule has 0 bridgehead atoms. The van der Waals surface area contributed by atoms with Gasteiger partial charge in [0.1, 0.15) is 0 Å². The Balaban J connectivity index is 2.08. The highest BCUT2D eigenvalue weighted by molar-refractivity contribution is 6.42. The molecular weight excluding hydrogens is 364 g/mol. The minimum atomic E-state index is -4.56. The lowest BCUT2D eigenvalue weighted by Gasteiger charge is -2.28. The van der Waals surface area contributed by atoms with Crippen molar-refractivity contribution in [2.24, 2.45) is 0 Å². The third kappa shape index (κ3) is 3.74. The molecule has 0 atom stereocenters. The lowest BCUT2D eigenvalue weighted by molar-refractivity contribution is -0.141. The molecule has 2 heterocycles. The molecule has 0 saturated carbocycles. The molecule has 0 radical (unpaired) electrons. The van der Waals surface area contributed by atoms with E-state index in [0.29, 0.717) is 36.8 Å². The Morgan fingerprint density at radius 3 is 2.33 bits per heavy atom. The zero-order valence-corrected chi connectivity index (χ0v) is 13.9. The molecule has 1 aromatic heterocycles. The van der Waals surface area contributed by atoms with Crippen molar-refractivity contribution >= 4 is 29.2 Å². The van der Waals surface area contributed by atoms with Crippen molar-refractivity contribution in [3.63, 3.8) is 0 Å². The van der Waals surface area contributed by atoms with E-state index in [1.807, 2.05) is 0 Å². The number of halogens is 5. The first-order valence-corrected chi connectivity index (χ1v) is 7.97. The van der Waals surface area contributed by atoms with Crippen LogP contribution in [-0.4, -0.2) is 36.1 Å². The molecule has 1 fully saturated rings. The number of anilines is 1. The quantitative estimate of drug-likeness (QED) is 0.863. The maximum Gasteiger partial charge on any atom is 0.433 e. The molecule has 128 valence electrons. The fraction of sp³-hybridized carbons (Fsp3) is 0.333. The van der Waals surface area contributed by atoms with Crippen molar-refractivity contribution in [1.82, 2.24) is 15.3 Å². The fourth-order valence-electron chi connectivity index (χ4n) is 2.39. The molecule has 1 saturated heterocycles. The van der Waals surface area contributed by atoms with Crippen molar-refractivity contribution in [3.8, 4) is 11.3 Å². The highest BCUT2D eigenvalue weighted by Gasteiger charge is 2.34. The number of hydrogen-bond acceptors (Lipinski definition) is 4. The summed E-state index contributed by atoms with van der Waals surface area (Å²) < 4.78 is 39.6. The summed E-state index contributed by atoms with van der Waals surface area (Å²) in [4.78, 5) is 9.72. The Hall–Kier alpha value is -1.57. The van der Waals surface area contributed by atoms with Crippen molar-refractivity contribution < 1.29 is 13.2 Å². The van der Waals surface area contributed by atoms with E-state index < -0.39 is 11.9 Å². The van der Waals surface area contributed by atoms with Crippen molar-refractivity contribution in [1.29, 1.82) is 0 Å². The maximum atomic E-state index is 13.2. The molecular formula is C15H13Cl2F3N4. The van der Waals surface area contributed by atoms with Gasteiger partial charge in [-0.3, -0.25) is 0 Å². The number of alkyl halides is 3. The molecule has 0 unspecified atom stereocenters. The molecule has 1 N–H and O–H groups in total. The molecule has 2 aromatic rings. The van der Waals surface area contributed by atoms with Gasteiger partial charge in [-0.15, -0.1) is 0 Å². The maximum absolute atomic E-state index is 13.2. The Morgan fingerprint density at radius 1 is 1.00 bits per heavy atom. The summed E-state index contributed by atoms with van der Waals surface area (Å²) in [5.41, 5.74) is -0.370. The molecule has 9 heteroatoms. The first kappa shape index (κ1) is 17.3. The van der Waals surface area contributed by atoms with Crippen LogP contribution in [0.5, 0.6) is 0 Å². The van der Waals surface area contributed by atoms with Gasteiger partial charge in [-0.05, 0) is 18.2 Å². The van der Waals surface area contributed by atoms with E-state index in [4.69, 9.17) is 23.2 Å². The predicted molar refractivity (Wildman–Crippen MR) is 87.6 cm³/mol. The van der Waals surface area contributed by atoms with Gasteiger partial charge in [0.2, 0.25) is 5.95 Å². The van der Waals surface area contributed by atoms with Crippen LogP contribution in [0.25, 0.3) is 11.3 Å². The standard InChI is InChI=1S/C15H13Cl2F3N4/c16-10-2-1-9(7-11(10)17)12-8-13(15(18,19)20)23-14(22-12)24-5-3-21-4-6-24/h1-2,7-8,21H,3-6H2. The summed E-state index contributed by atoms with van der Waals surface area (Å²) in [5.74, 6) is 0.0624. The average molecular weight is 377 g/mol. The fourth-order valence-corrected chi connectivity index (χ4v) is 2.69. The molecule has 1 aliphatic rings. The molecule has 0 amide bonds. The van der Waals surface area contributed by atoms with Crippen LogP contribution >= 0.6 is 23.2 Å². The highest BCUT2D eigenvalue weighted by atomic mass is 35.5. The van der Waals surface area contributed by atoms with Gasteiger partial charge in [0.25, 0.3) is 0 Å². The Labute approximate surface area is 146 Å². The van der Waals surface area contributed by atoms with Crippen LogP contribution in [0.2, 0.25) is 10.0 Å². The van der Waals surface area contributed by atoms with E-state index in [0.717, 1.165) is 6.07 Å². The van der Waals surface area contributed by atoms with Gasteiger partial charge in [0, 0.05) is 31.7 Å². The molecule has 24 heavy (non-hydrogen) atoms. The predicted octanol–water partition coefficient (Wildman–Crippen LogP) is 3.88. The SMILES string of the molecule is FC(F)(F)c1cc(-c2ccc(Cl)c(Cl)c2)nc(N2CCNCC2)n1. The summed E-state index contributed by atoms with van der Waals surface area (Å²) in [6.45, 7) is 2.42. The Bertz CT molecular complexity index is 746. The Kier molecular flexibility index (Phi) is 4.85. The van der Waals surface area contributed by atoms with E-state index in [9.17, 15) is 13.2 Å². The van der Waals surface area contributed by atoms with Gasteiger partial charge in [0.05, 0.1) is 15.7 Å². The number of piperazine rings is 1. The molecule has 0 aliphatic carbocycles. The zero-order valence-electron chi connectivity index (χ0n) is 12.4. The van der Waals surface area contributed by atoms with Crippen molar-refractivity contribution in [2.45, 2.75) is 6.18 Å². The van der Waals surface area contributed by atoms with Crippen molar-refractivity contribution in [3.05, 3.63) is 40.0 Å². The summed E-state index contributed by atoms with van der Waals surface area (Å²) in [6.07, 6.45) is -4.56. The first-order valence-electron chi connectivity index (χ1n) is 7.22. The Morgan fingerprint density at radius 2 is 1.71 bits per heavy atom. The van der Waals surface area contributed by atoms with Gasteiger partial charge in [-0.1, -0.05) is 29.3 Å². The first-order chi connectivity index (χ1) is 11.3. The van der Waals surface area contributed by atoms with Crippen LogP contribution in [-0.2, 0) is 6.18 Å². The normalized spacial score (nSPS) is 15.6. The molecule has 4 nitrogen and oxygen atoms in total. The van der Waals surface area contributed by atoms with Gasteiger partial charge in [0.15, 0.2) is 5.69 Å². The third-order valence-corrected chi connectivity index (χ3v) is 4.36. The van der Waals surface area contributed by atoms with E-state index in [-0.39, 0.29) is 16.7 Å². The third-order valence-electron chi connectivity index (χ3n) is 3.62. The molecule has 1 aromatic carbocycles. The van der Waals surface area contributed by atoms with Gasteiger partial charge in [-0.25, -0.2) is 9.97 Å². The summed E-state index contributed by atoms with van der Waals surface area (Å²) in [5, 5.41) is 3.72. The second-order valence-electron chi connectivity index (χ2n) is 5.30. The van der Waals surface area contributed by atoms with E-state index in [1.165, 1.54) is 12.1 Å². The van der Waals surface area contributed by atoms with Crippen LogP contribution in [0.3, 0.4) is 0 Å². The second-order valence-corrected chi connectivity index (χ2v) is 6.12. The number of aromatic nitrogens is 2. The van der Waals surface area contributed by atoms with Crippen LogP contribution in [0.1, 0.15) is 5.69 Å². The smallest absolute Gasteiger partial charge is 0.338 e. The van der Waals surface area contributed by atoms with Gasteiger partial charge >= 0.3 is 6.18 Å². The number of nitrogens with zero attached hydrogens (tertiary/aromatic N) is 3. The second kappa shape index (κ2) is 6.74.